The van der Waals surface area contributed by atoms with Crippen LogP contribution in [-0.2, 0) is 10.1 Å². The van der Waals surface area contributed by atoms with E-state index in [0.717, 1.165) is 5.56 Å². The molecular formula is C24H22N2O6S. The third-order valence-corrected chi connectivity index (χ3v) is 6.71. The molecule has 0 atom stereocenters. The van der Waals surface area contributed by atoms with Gasteiger partial charge in [-0.05, 0) is 48.2 Å². The number of hydrogen-bond donors (Lipinski definition) is 3. The lowest BCUT2D eigenvalue weighted by Crippen LogP contribution is -2.46. The number of rotatable bonds is 4. The summed E-state index contributed by atoms with van der Waals surface area (Å²) in [5, 5.41) is 16.7. The van der Waals surface area contributed by atoms with Gasteiger partial charge in [0.15, 0.2) is 5.58 Å². The van der Waals surface area contributed by atoms with Crippen LogP contribution in [-0.4, -0.2) is 24.0 Å². The van der Waals surface area contributed by atoms with Crippen LogP contribution in [0, 0.1) is 6.92 Å². The maximum absolute atomic E-state index is 12.2. The van der Waals surface area contributed by atoms with Crippen LogP contribution >= 0.6 is 0 Å². The van der Waals surface area contributed by atoms with E-state index in [1.807, 2.05) is 19.9 Å². The average Bonchev–Trinajstić information content (AvgIpc) is 2.73. The second kappa shape index (κ2) is 7.72. The molecule has 5 N–H and O–H groups in total. The topological polar surface area (TPSA) is 159 Å². The van der Waals surface area contributed by atoms with Crippen LogP contribution in [0.2, 0.25) is 0 Å². The van der Waals surface area contributed by atoms with Gasteiger partial charge >= 0.3 is 5.97 Å². The molecule has 1 aliphatic carbocycles. The maximum Gasteiger partial charge on any atom is 0.336 e. The van der Waals surface area contributed by atoms with Crippen molar-refractivity contribution in [2.45, 2.75) is 31.6 Å². The lowest BCUT2D eigenvalue weighted by atomic mass is 9.87. The van der Waals surface area contributed by atoms with Gasteiger partial charge in [0, 0.05) is 22.6 Å². The summed E-state index contributed by atoms with van der Waals surface area (Å²) in [4.78, 5) is 11.5. The molecule has 2 aliphatic rings. The first-order valence-corrected chi connectivity index (χ1v) is 11.5. The van der Waals surface area contributed by atoms with E-state index in [4.69, 9.17) is 15.6 Å². The van der Waals surface area contributed by atoms with Gasteiger partial charge in [-0.2, -0.15) is 0 Å². The minimum atomic E-state index is -5.01. The fourth-order valence-electron chi connectivity index (χ4n) is 4.02. The average molecular weight is 467 g/mol. The molecule has 9 heteroatoms. The molecule has 0 fully saturated rings. The van der Waals surface area contributed by atoms with E-state index in [-0.39, 0.29) is 33.9 Å². The summed E-state index contributed by atoms with van der Waals surface area (Å²) in [6.45, 7) is 5.59. The zero-order chi connectivity index (χ0) is 24.2. The number of aromatic carboxylic acids is 1. The van der Waals surface area contributed by atoms with Gasteiger partial charge in [-0.25, -0.2) is 13.2 Å². The molecule has 170 valence electrons. The third kappa shape index (κ3) is 3.65. The van der Waals surface area contributed by atoms with Crippen LogP contribution in [0.25, 0.3) is 33.4 Å². The molecule has 1 aliphatic heterocycles. The first kappa shape index (κ1) is 22.5. The number of hydrogen-bond acceptors (Lipinski definition) is 6. The molecule has 4 rings (SSSR count). The van der Waals surface area contributed by atoms with Crippen LogP contribution in [0.3, 0.4) is 0 Å². The predicted molar refractivity (Wildman–Crippen MR) is 121 cm³/mol. The summed E-state index contributed by atoms with van der Waals surface area (Å²) in [5.74, 6) is -0.818. The van der Waals surface area contributed by atoms with Crippen molar-refractivity contribution in [2.75, 3.05) is 5.73 Å². The van der Waals surface area contributed by atoms with Gasteiger partial charge in [-0.15, -0.1) is 0 Å². The van der Waals surface area contributed by atoms with Crippen molar-refractivity contribution in [1.82, 2.24) is 0 Å². The standard InChI is InChI=1S/C24H22N2O6S/c1-11(2)13-4-5-14(17(10-13)24(27)28)20-15-6-8-18(25)12(3)21(15)32-22-16(20)7-9-19(26)23(22)33(29,30)31/h4-11,25H,26H2,1-3H3,(H,27,28)(H,29,30,31). The van der Waals surface area contributed by atoms with Crippen molar-refractivity contribution >= 4 is 32.7 Å². The Balaban J connectivity index is 2.30. The van der Waals surface area contributed by atoms with Crippen molar-refractivity contribution in [3.8, 4) is 22.5 Å². The Hall–Kier alpha value is -3.69. The molecule has 0 spiro atoms. The number of benzene rings is 3. The molecule has 0 saturated heterocycles. The molecule has 0 saturated carbocycles. The largest absolute Gasteiger partial charge is 0.744 e. The van der Waals surface area contributed by atoms with E-state index in [0.29, 0.717) is 27.6 Å². The van der Waals surface area contributed by atoms with Gasteiger partial charge in [0.25, 0.3) is 0 Å². The fourth-order valence-corrected chi connectivity index (χ4v) is 4.76. The van der Waals surface area contributed by atoms with Crippen LogP contribution < -0.4 is 16.5 Å². The van der Waals surface area contributed by atoms with E-state index in [1.54, 1.807) is 31.2 Å². The van der Waals surface area contributed by atoms with Gasteiger partial charge in [0.1, 0.15) is 20.8 Å². The summed E-state index contributed by atoms with van der Waals surface area (Å²) in [5.41, 5.74) is 8.00. The number of anilines is 1. The molecule has 0 amide bonds. The van der Waals surface area contributed by atoms with Gasteiger partial charge in [-0.1, -0.05) is 26.0 Å². The Labute approximate surface area is 189 Å². The van der Waals surface area contributed by atoms with Crippen LogP contribution in [0.5, 0.6) is 0 Å². The molecule has 2 aromatic carbocycles. The number of carboxylic acids is 1. The summed E-state index contributed by atoms with van der Waals surface area (Å²) in [6, 6.07) is 11.3. The van der Waals surface area contributed by atoms with Crippen LogP contribution in [0.1, 0.15) is 41.3 Å². The first-order valence-electron chi connectivity index (χ1n) is 10.1. The third-order valence-electron chi connectivity index (χ3n) is 5.79. The molecule has 0 aromatic heterocycles. The zero-order valence-corrected chi connectivity index (χ0v) is 19.0. The summed E-state index contributed by atoms with van der Waals surface area (Å²) in [6.07, 6.45) is 0. The van der Waals surface area contributed by atoms with Crippen molar-refractivity contribution in [1.29, 1.82) is 0 Å². The minimum absolute atomic E-state index is 0.0350. The Kier molecular flexibility index (Phi) is 5.26. The maximum atomic E-state index is 12.2. The van der Waals surface area contributed by atoms with Crippen molar-refractivity contribution < 1.29 is 32.7 Å². The molecular weight excluding hydrogens is 444 g/mol. The van der Waals surface area contributed by atoms with Crippen molar-refractivity contribution in [3.05, 3.63) is 64.5 Å². The molecule has 0 radical (unpaired) electrons. The number of carboxylic acid groups (broad SMARTS) is 1. The molecule has 0 unspecified atom stereocenters. The van der Waals surface area contributed by atoms with E-state index in [2.05, 4.69) is 0 Å². The number of fused-ring (bicyclic) bond motifs is 2. The van der Waals surface area contributed by atoms with Crippen LogP contribution in [0.15, 0.2) is 51.8 Å². The Morgan fingerprint density at radius 2 is 1.79 bits per heavy atom. The minimum Gasteiger partial charge on any atom is -0.744 e. The zero-order valence-electron chi connectivity index (χ0n) is 18.2. The molecule has 1 heterocycles. The van der Waals surface area contributed by atoms with E-state index < -0.39 is 21.0 Å². The highest BCUT2D eigenvalue weighted by molar-refractivity contribution is 7.86. The molecule has 8 nitrogen and oxygen atoms in total. The van der Waals surface area contributed by atoms with E-state index >= 15 is 0 Å². The number of nitrogens with two attached hydrogens (primary N) is 2. The predicted octanol–water partition coefficient (Wildman–Crippen LogP) is 2.48. The second-order valence-electron chi connectivity index (χ2n) is 8.21. The van der Waals surface area contributed by atoms with E-state index in [9.17, 15) is 22.9 Å². The number of nitrogen functional groups attached to an aromatic ring is 1. The normalized spacial score (nSPS) is 12.0. The van der Waals surface area contributed by atoms with Crippen LogP contribution in [0.4, 0.5) is 5.69 Å². The monoisotopic (exact) mass is 466 g/mol. The van der Waals surface area contributed by atoms with E-state index in [1.165, 1.54) is 12.1 Å². The Bertz CT molecular complexity index is 1590. The highest BCUT2D eigenvalue weighted by Gasteiger charge is 2.27. The highest BCUT2D eigenvalue weighted by atomic mass is 32.2. The number of carbonyl (C=O) groups is 1. The van der Waals surface area contributed by atoms with Gasteiger partial charge in [0.2, 0.25) is 5.36 Å². The summed E-state index contributed by atoms with van der Waals surface area (Å²) >= 11 is 0. The Morgan fingerprint density at radius 1 is 1.12 bits per heavy atom. The second-order valence-corrected chi connectivity index (χ2v) is 9.53. The van der Waals surface area contributed by atoms with Gasteiger partial charge in [0.05, 0.1) is 16.8 Å². The molecule has 2 aromatic rings. The Morgan fingerprint density at radius 3 is 2.39 bits per heavy atom. The van der Waals surface area contributed by atoms with Crippen molar-refractivity contribution in [3.63, 3.8) is 0 Å². The quantitative estimate of drug-likeness (QED) is 0.237. The molecule has 0 bridgehead atoms. The highest BCUT2D eigenvalue weighted by Crippen LogP contribution is 2.45. The lowest BCUT2D eigenvalue weighted by Gasteiger charge is -2.21. The smallest absolute Gasteiger partial charge is 0.336 e. The van der Waals surface area contributed by atoms with Gasteiger partial charge in [-0.3, -0.25) is 5.41 Å². The first-order chi connectivity index (χ1) is 15.4. The van der Waals surface area contributed by atoms with Gasteiger partial charge < -0.3 is 19.8 Å². The fraction of sp³-hybridized carbons (Fsp3) is 0.167. The molecule has 33 heavy (non-hydrogen) atoms. The SMILES string of the molecule is Cc1c2oc3c(S(=O)(=O)[O-])c(N)ccc3c(-c3ccc(C(C)C)cc3C(=O)O)c-2ccc1=[NH2+]. The van der Waals surface area contributed by atoms with Crippen molar-refractivity contribution in [2.24, 2.45) is 0 Å². The lowest BCUT2D eigenvalue weighted by molar-refractivity contribution is -0.173. The summed E-state index contributed by atoms with van der Waals surface area (Å²) < 4.78 is 42.2. The summed E-state index contributed by atoms with van der Waals surface area (Å²) in [7, 11) is -5.01.